The highest BCUT2D eigenvalue weighted by molar-refractivity contribution is 5.92. The second-order valence-corrected chi connectivity index (χ2v) is 5.10. The minimum absolute atomic E-state index is 0.0695. The zero-order valence-corrected chi connectivity index (χ0v) is 12.4. The lowest BCUT2D eigenvalue weighted by atomic mass is 10.1. The van der Waals surface area contributed by atoms with E-state index >= 15 is 0 Å². The molecule has 1 heterocycles. The average molecular weight is 291 g/mol. The van der Waals surface area contributed by atoms with E-state index in [4.69, 9.17) is 10.5 Å². The Bertz CT molecular complexity index is 533. The summed E-state index contributed by atoms with van der Waals surface area (Å²) in [4.78, 5) is 26.6. The molecule has 1 aliphatic heterocycles. The molecule has 2 rings (SSSR count). The molecule has 2 N–H and O–H groups in total. The highest BCUT2D eigenvalue weighted by atomic mass is 16.5. The zero-order chi connectivity index (χ0) is 15.4. The van der Waals surface area contributed by atoms with Crippen molar-refractivity contribution in [1.82, 2.24) is 9.80 Å². The number of para-hydroxylation sites is 1. The smallest absolute Gasteiger partial charge is 0.242 e. The molecule has 1 aromatic carbocycles. The van der Waals surface area contributed by atoms with Gasteiger partial charge in [0.05, 0.1) is 25.7 Å². The average Bonchev–Trinajstić information content (AvgIpc) is 2.45. The lowest BCUT2D eigenvalue weighted by Gasteiger charge is -2.33. The summed E-state index contributed by atoms with van der Waals surface area (Å²) in [5.41, 5.74) is 7.05. The quantitative estimate of drug-likeness (QED) is 0.851. The summed E-state index contributed by atoms with van der Waals surface area (Å²) in [6.45, 7) is 2.96. The molecule has 0 saturated carbocycles. The molecule has 0 aliphatic carbocycles. The van der Waals surface area contributed by atoms with E-state index in [9.17, 15) is 9.59 Å². The Balaban J connectivity index is 2.09. The number of carbonyl (C=O) groups excluding carboxylic acids is 2. The van der Waals surface area contributed by atoms with Gasteiger partial charge in [-0.25, -0.2) is 0 Å². The Morgan fingerprint density at radius 1 is 1.24 bits per heavy atom. The van der Waals surface area contributed by atoms with E-state index in [0.717, 1.165) is 11.3 Å². The van der Waals surface area contributed by atoms with Crippen LogP contribution in [-0.2, 0) is 9.59 Å². The number of nitrogens with zero attached hydrogens (tertiary/aromatic N) is 2. The molecule has 2 amide bonds. The van der Waals surface area contributed by atoms with Crippen molar-refractivity contribution in [3.05, 3.63) is 29.8 Å². The van der Waals surface area contributed by atoms with E-state index in [-0.39, 0.29) is 30.9 Å². The van der Waals surface area contributed by atoms with Gasteiger partial charge in [0.25, 0.3) is 0 Å². The molecule has 21 heavy (non-hydrogen) atoms. The van der Waals surface area contributed by atoms with Crippen molar-refractivity contribution in [2.45, 2.75) is 13.0 Å². The fourth-order valence-corrected chi connectivity index (χ4v) is 2.34. The molecule has 0 spiro atoms. The third-order valence-corrected chi connectivity index (χ3v) is 3.51. The third-order valence-electron chi connectivity index (χ3n) is 3.51. The van der Waals surface area contributed by atoms with Crippen molar-refractivity contribution in [1.29, 1.82) is 0 Å². The van der Waals surface area contributed by atoms with E-state index < -0.39 is 0 Å². The van der Waals surface area contributed by atoms with Gasteiger partial charge in [-0.15, -0.1) is 0 Å². The lowest BCUT2D eigenvalue weighted by Crippen LogP contribution is -2.53. The van der Waals surface area contributed by atoms with E-state index in [1.54, 1.807) is 7.05 Å². The van der Waals surface area contributed by atoms with Crippen LogP contribution in [0.15, 0.2) is 24.3 Å². The molecular formula is C15H21N3O3. The Hall–Kier alpha value is -2.08. The molecule has 1 fully saturated rings. The minimum atomic E-state index is -0.382. The maximum Gasteiger partial charge on any atom is 0.242 e. The summed E-state index contributed by atoms with van der Waals surface area (Å²) in [5.74, 6) is 0.571. The fraction of sp³-hybridized carbons (Fsp3) is 0.467. The fourth-order valence-electron chi connectivity index (χ4n) is 2.34. The van der Waals surface area contributed by atoms with Crippen molar-refractivity contribution >= 4 is 11.8 Å². The van der Waals surface area contributed by atoms with Gasteiger partial charge in [0, 0.05) is 19.2 Å². The number of hydrogen-bond acceptors (Lipinski definition) is 4. The molecule has 6 heteroatoms. The van der Waals surface area contributed by atoms with Gasteiger partial charge in [0.2, 0.25) is 11.8 Å². The van der Waals surface area contributed by atoms with Crippen molar-refractivity contribution in [3.8, 4) is 5.75 Å². The summed E-state index contributed by atoms with van der Waals surface area (Å²) < 4.78 is 5.55. The molecule has 0 radical (unpaired) electrons. The van der Waals surface area contributed by atoms with Gasteiger partial charge in [-0.1, -0.05) is 18.2 Å². The minimum Gasteiger partial charge on any atom is -0.494 e. The Kier molecular flexibility index (Phi) is 4.80. The van der Waals surface area contributed by atoms with Crippen LogP contribution in [0.3, 0.4) is 0 Å². The molecular weight excluding hydrogens is 270 g/mol. The standard InChI is InChI=1S/C15H21N3O3/c1-3-21-13-7-5-4-6-11(13)12(16)8-18-10-14(19)17(2)9-15(18)20/h4-7,12H,3,8-10,16H2,1-2H3. The van der Waals surface area contributed by atoms with Crippen LogP contribution in [0.4, 0.5) is 0 Å². The van der Waals surface area contributed by atoms with Gasteiger partial charge in [-0.2, -0.15) is 0 Å². The van der Waals surface area contributed by atoms with Gasteiger partial charge in [-0.05, 0) is 13.0 Å². The maximum atomic E-state index is 12.0. The zero-order valence-electron chi connectivity index (χ0n) is 12.4. The number of ether oxygens (including phenoxy) is 1. The van der Waals surface area contributed by atoms with Crippen LogP contribution < -0.4 is 10.5 Å². The molecule has 1 atom stereocenters. The van der Waals surface area contributed by atoms with Crippen molar-refractivity contribution in [2.24, 2.45) is 5.73 Å². The SMILES string of the molecule is CCOc1ccccc1C(N)CN1CC(=O)N(C)CC1=O. The Morgan fingerprint density at radius 2 is 1.95 bits per heavy atom. The van der Waals surface area contributed by atoms with Gasteiger partial charge in [-0.3, -0.25) is 9.59 Å². The summed E-state index contributed by atoms with van der Waals surface area (Å²) in [6, 6.07) is 7.13. The van der Waals surface area contributed by atoms with Gasteiger partial charge >= 0.3 is 0 Å². The number of hydrogen-bond donors (Lipinski definition) is 1. The van der Waals surface area contributed by atoms with Gasteiger partial charge < -0.3 is 20.3 Å². The Labute approximate surface area is 124 Å². The molecule has 1 aliphatic rings. The van der Waals surface area contributed by atoms with Crippen molar-refractivity contribution < 1.29 is 14.3 Å². The van der Waals surface area contributed by atoms with Gasteiger partial charge in [0.1, 0.15) is 5.75 Å². The van der Waals surface area contributed by atoms with E-state index in [0.29, 0.717) is 13.2 Å². The molecule has 1 aromatic rings. The van der Waals surface area contributed by atoms with E-state index in [2.05, 4.69) is 0 Å². The maximum absolute atomic E-state index is 12.0. The Morgan fingerprint density at radius 3 is 2.67 bits per heavy atom. The lowest BCUT2D eigenvalue weighted by molar-refractivity contribution is -0.148. The first-order valence-corrected chi connectivity index (χ1v) is 7.02. The number of benzene rings is 1. The summed E-state index contributed by atoms with van der Waals surface area (Å²) in [6.07, 6.45) is 0. The number of rotatable bonds is 5. The number of likely N-dealkylation sites (N-methyl/N-ethyl adjacent to an activating group) is 1. The van der Waals surface area contributed by atoms with Gasteiger partial charge in [0.15, 0.2) is 0 Å². The van der Waals surface area contributed by atoms with Crippen LogP contribution in [0.1, 0.15) is 18.5 Å². The number of nitrogens with two attached hydrogens (primary N) is 1. The molecule has 114 valence electrons. The van der Waals surface area contributed by atoms with Crippen LogP contribution in [0.5, 0.6) is 5.75 Å². The predicted molar refractivity (Wildman–Crippen MR) is 78.8 cm³/mol. The third kappa shape index (κ3) is 3.52. The van der Waals surface area contributed by atoms with Crippen molar-refractivity contribution in [3.63, 3.8) is 0 Å². The largest absolute Gasteiger partial charge is 0.494 e. The van der Waals surface area contributed by atoms with E-state index in [1.165, 1.54) is 9.80 Å². The summed E-state index contributed by atoms with van der Waals surface area (Å²) >= 11 is 0. The molecule has 6 nitrogen and oxygen atoms in total. The second-order valence-electron chi connectivity index (χ2n) is 5.10. The van der Waals surface area contributed by atoms with Crippen molar-refractivity contribution in [2.75, 3.05) is 33.3 Å². The normalized spacial score (nSPS) is 17.1. The first-order chi connectivity index (χ1) is 10.0. The molecule has 1 saturated heterocycles. The molecule has 0 bridgehead atoms. The number of amides is 2. The predicted octanol–water partition coefficient (Wildman–Crippen LogP) is 0.386. The first kappa shape index (κ1) is 15.3. The second kappa shape index (κ2) is 6.58. The van der Waals surface area contributed by atoms with Crippen LogP contribution in [0.25, 0.3) is 0 Å². The monoisotopic (exact) mass is 291 g/mol. The summed E-state index contributed by atoms with van der Waals surface area (Å²) in [5, 5.41) is 0. The van der Waals surface area contributed by atoms with E-state index in [1.807, 2.05) is 31.2 Å². The topological polar surface area (TPSA) is 75.9 Å². The van der Waals surface area contributed by atoms with Crippen LogP contribution in [0.2, 0.25) is 0 Å². The molecule has 0 aromatic heterocycles. The van der Waals surface area contributed by atoms with Crippen LogP contribution >= 0.6 is 0 Å². The summed E-state index contributed by atoms with van der Waals surface area (Å²) in [7, 11) is 1.63. The highest BCUT2D eigenvalue weighted by Crippen LogP contribution is 2.24. The van der Waals surface area contributed by atoms with Crippen LogP contribution in [-0.4, -0.2) is 54.9 Å². The number of carbonyl (C=O) groups is 2. The molecule has 1 unspecified atom stereocenters. The number of piperazine rings is 1. The highest BCUT2D eigenvalue weighted by Gasteiger charge is 2.29. The first-order valence-electron chi connectivity index (χ1n) is 7.02. The van der Waals surface area contributed by atoms with Crippen LogP contribution in [0, 0.1) is 0 Å².